The maximum absolute atomic E-state index is 14.4. The Morgan fingerprint density at radius 3 is 2.36 bits per heavy atom. The smallest absolute Gasteiger partial charge is 0.431 e. The van der Waals surface area contributed by atoms with Crippen molar-refractivity contribution < 1.29 is 37.3 Å². The minimum Gasteiger partial charge on any atom is -0.466 e. The Bertz CT molecular complexity index is 1150. The van der Waals surface area contributed by atoms with E-state index in [1.165, 1.54) is 12.4 Å². The fourth-order valence-electron chi connectivity index (χ4n) is 5.39. The number of nitrogens with one attached hydrogen (secondary N) is 2. The van der Waals surface area contributed by atoms with Crippen LogP contribution < -0.4 is 5.32 Å². The predicted molar refractivity (Wildman–Crippen MR) is 151 cm³/mol. The normalized spacial score (nSPS) is 23.5. The Morgan fingerprint density at radius 2 is 1.86 bits per heavy atom. The monoisotopic (exact) mass is 636 g/mol. The fourth-order valence-corrected chi connectivity index (χ4v) is 6.01. The molecule has 2 atom stereocenters. The van der Waals surface area contributed by atoms with Gasteiger partial charge in [0.25, 0.3) is 5.91 Å². The van der Waals surface area contributed by atoms with Gasteiger partial charge in [0.1, 0.15) is 5.70 Å². The minimum atomic E-state index is -4.99. The maximum atomic E-state index is 14.4. The molecule has 1 unspecified atom stereocenters. The van der Waals surface area contributed by atoms with Gasteiger partial charge in [-0.15, -0.1) is 0 Å². The summed E-state index contributed by atoms with van der Waals surface area (Å²) in [5.74, 6) is -1.89. The number of allylic oxidation sites excluding steroid dienone is 1. The van der Waals surface area contributed by atoms with Gasteiger partial charge >= 0.3 is 12.1 Å². The summed E-state index contributed by atoms with van der Waals surface area (Å²) < 4.78 is 54.2. The van der Waals surface area contributed by atoms with Crippen molar-refractivity contribution in [1.29, 1.82) is 5.41 Å². The van der Waals surface area contributed by atoms with Crippen LogP contribution in [0.5, 0.6) is 0 Å². The van der Waals surface area contributed by atoms with E-state index in [9.17, 15) is 27.9 Å². The molecule has 1 saturated carbocycles. The molecule has 1 amide bonds. The molecule has 1 aliphatic heterocycles. The predicted octanol–water partition coefficient (Wildman–Crippen LogP) is 5.39. The molecule has 2 aliphatic rings. The number of alkyl halides is 3. The van der Waals surface area contributed by atoms with E-state index in [-0.39, 0.29) is 47.6 Å². The zero-order chi connectivity index (χ0) is 31.2. The van der Waals surface area contributed by atoms with Gasteiger partial charge < -0.3 is 30.2 Å². The van der Waals surface area contributed by atoms with Crippen molar-refractivity contribution >= 4 is 41.3 Å². The van der Waals surface area contributed by atoms with Crippen molar-refractivity contribution in [2.75, 3.05) is 19.7 Å². The van der Waals surface area contributed by atoms with Crippen LogP contribution in [-0.4, -0.2) is 76.7 Å². The van der Waals surface area contributed by atoms with E-state index in [0.717, 1.165) is 4.90 Å². The number of nitrogens with zero attached hydrogens (tertiary/aromatic N) is 2. The summed E-state index contributed by atoms with van der Waals surface area (Å²) in [7, 11) is 0. The number of hydrogen-bond donors (Lipinski definition) is 3. The number of rotatable bonds is 11. The van der Waals surface area contributed by atoms with E-state index in [1.807, 2.05) is 13.8 Å². The first-order valence-corrected chi connectivity index (χ1v) is 14.6. The Morgan fingerprint density at radius 1 is 1.24 bits per heavy atom. The number of aliphatic hydroxyl groups excluding tert-OH is 1. The number of carbonyl (C=O) groups excluding carboxylic acids is 2. The minimum absolute atomic E-state index is 0.0273. The SMILES string of the molecule is CCOC(=O)[C@H]1CC[C@H](N/C(=C(\C=N)C(=O)N(CC(O)c2c(Cl)cncc2Cl)C[C@H]2CCC(C)(C)O2)C(F)(F)F)CC1. The Labute approximate surface area is 253 Å². The van der Waals surface area contributed by atoms with Crippen LogP contribution in [0.25, 0.3) is 0 Å². The van der Waals surface area contributed by atoms with Crippen LogP contribution >= 0.6 is 23.2 Å². The van der Waals surface area contributed by atoms with Gasteiger partial charge in [-0.05, 0) is 59.3 Å². The van der Waals surface area contributed by atoms with Gasteiger partial charge in [0.2, 0.25) is 0 Å². The Kier molecular flexibility index (Phi) is 11.7. The Balaban J connectivity index is 1.91. The standard InChI is InChI=1S/C28H37Cl2F3N4O5/c1-4-41-26(40)16-5-7-17(8-6-16)36-24(28(31,32)33)19(11-34)25(39)37(14-18-9-10-27(2,3)42-18)15-22(38)23-20(29)12-35-13-21(23)30/h11-13,16-18,22,34,36,38H,4-10,14-15H2,1-3H3/b24-19+,34-11?/t16-,17-,18-,22?/m1/s1. The molecule has 3 rings (SSSR count). The lowest BCUT2D eigenvalue weighted by Crippen LogP contribution is -2.45. The Hall–Kier alpha value is -2.41. The maximum Gasteiger partial charge on any atom is 0.431 e. The lowest BCUT2D eigenvalue weighted by molar-refractivity contribution is -0.149. The highest BCUT2D eigenvalue weighted by Crippen LogP contribution is 2.35. The number of halogens is 5. The molecule has 9 nitrogen and oxygen atoms in total. The highest BCUT2D eigenvalue weighted by Gasteiger charge is 2.42. The average Bonchev–Trinajstić information content (AvgIpc) is 3.25. The molecule has 2 heterocycles. The summed E-state index contributed by atoms with van der Waals surface area (Å²) in [4.78, 5) is 30.7. The summed E-state index contributed by atoms with van der Waals surface area (Å²) >= 11 is 12.4. The van der Waals surface area contributed by atoms with Crippen LogP contribution in [0.1, 0.15) is 71.0 Å². The largest absolute Gasteiger partial charge is 0.466 e. The molecule has 14 heteroatoms. The number of carbonyl (C=O) groups is 2. The number of pyridine rings is 1. The third-order valence-corrected chi connectivity index (χ3v) is 8.11. The number of hydrogen-bond acceptors (Lipinski definition) is 8. The molecule has 0 bridgehead atoms. The van der Waals surface area contributed by atoms with E-state index < -0.39 is 59.7 Å². The second-order valence-electron chi connectivity index (χ2n) is 11.2. The van der Waals surface area contributed by atoms with Gasteiger partial charge in [0, 0.05) is 36.8 Å². The number of esters is 1. The summed E-state index contributed by atoms with van der Waals surface area (Å²) in [6.07, 6.45) is -1.72. The van der Waals surface area contributed by atoms with Crippen molar-refractivity contribution in [1.82, 2.24) is 15.2 Å². The second-order valence-corrected chi connectivity index (χ2v) is 12.0. The van der Waals surface area contributed by atoms with Crippen LogP contribution in [0.3, 0.4) is 0 Å². The first kappa shape index (κ1) is 34.1. The first-order valence-electron chi connectivity index (χ1n) is 13.9. The van der Waals surface area contributed by atoms with E-state index >= 15 is 0 Å². The van der Waals surface area contributed by atoms with Crippen molar-refractivity contribution in [3.05, 3.63) is 39.3 Å². The first-order chi connectivity index (χ1) is 19.7. The lowest BCUT2D eigenvalue weighted by atomic mass is 9.86. The summed E-state index contributed by atoms with van der Waals surface area (Å²) in [6, 6.07) is -0.678. The molecule has 0 radical (unpaired) electrons. The molecular formula is C28H37Cl2F3N4O5. The molecular weight excluding hydrogens is 600 g/mol. The van der Waals surface area contributed by atoms with Gasteiger partial charge in [-0.3, -0.25) is 14.6 Å². The van der Waals surface area contributed by atoms with Gasteiger partial charge in [-0.2, -0.15) is 13.2 Å². The third-order valence-electron chi connectivity index (χ3n) is 7.51. The molecule has 234 valence electrons. The zero-order valence-corrected chi connectivity index (χ0v) is 25.3. The average molecular weight is 638 g/mol. The van der Waals surface area contributed by atoms with Gasteiger partial charge in [0.05, 0.1) is 52.5 Å². The van der Waals surface area contributed by atoms with Gasteiger partial charge in [-0.1, -0.05) is 23.2 Å². The van der Waals surface area contributed by atoms with Crippen LogP contribution in [0.4, 0.5) is 13.2 Å². The molecule has 0 spiro atoms. The molecule has 42 heavy (non-hydrogen) atoms. The molecule has 1 aliphatic carbocycles. The molecule has 3 N–H and O–H groups in total. The third kappa shape index (κ3) is 8.81. The van der Waals surface area contributed by atoms with Crippen LogP contribution in [0.2, 0.25) is 10.0 Å². The summed E-state index contributed by atoms with van der Waals surface area (Å²) in [6.45, 7) is 5.05. The highest BCUT2D eigenvalue weighted by molar-refractivity contribution is 6.35. The van der Waals surface area contributed by atoms with Crippen molar-refractivity contribution in [3.63, 3.8) is 0 Å². The molecule has 1 saturated heterocycles. The van der Waals surface area contributed by atoms with E-state index in [1.54, 1.807) is 6.92 Å². The van der Waals surface area contributed by atoms with E-state index in [4.69, 9.17) is 38.1 Å². The van der Waals surface area contributed by atoms with E-state index in [0.29, 0.717) is 31.9 Å². The van der Waals surface area contributed by atoms with Crippen LogP contribution in [0, 0.1) is 11.3 Å². The molecule has 2 fully saturated rings. The topological polar surface area (TPSA) is 125 Å². The van der Waals surface area contributed by atoms with E-state index in [2.05, 4.69) is 10.3 Å². The number of aliphatic hydroxyl groups is 1. The van der Waals surface area contributed by atoms with Gasteiger partial charge in [0.15, 0.2) is 0 Å². The van der Waals surface area contributed by atoms with Crippen molar-refractivity contribution in [3.8, 4) is 0 Å². The molecule has 1 aromatic rings. The number of amides is 1. The van der Waals surface area contributed by atoms with Crippen molar-refractivity contribution in [2.45, 2.75) is 89.3 Å². The summed E-state index contributed by atoms with van der Waals surface area (Å²) in [5.41, 5.74) is -2.68. The fraction of sp³-hybridized carbons (Fsp3) is 0.643. The van der Waals surface area contributed by atoms with Crippen LogP contribution in [-0.2, 0) is 19.1 Å². The molecule has 1 aromatic heterocycles. The van der Waals surface area contributed by atoms with Gasteiger partial charge in [-0.25, -0.2) is 0 Å². The molecule has 0 aromatic carbocycles. The summed E-state index contributed by atoms with van der Waals surface area (Å²) in [5, 5.41) is 21.4. The number of aromatic nitrogens is 1. The van der Waals surface area contributed by atoms with Crippen LogP contribution in [0.15, 0.2) is 23.7 Å². The number of ether oxygens (including phenoxy) is 2. The van der Waals surface area contributed by atoms with Crippen molar-refractivity contribution in [2.24, 2.45) is 5.92 Å². The second kappa shape index (κ2) is 14.4. The lowest BCUT2D eigenvalue weighted by Gasteiger charge is -2.32. The quantitative estimate of drug-likeness (QED) is 0.169. The highest BCUT2D eigenvalue weighted by atomic mass is 35.5. The zero-order valence-electron chi connectivity index (χ0n) is 23.8.